The average molecular weight is 313 g/mol. The van der Waals surface area contributed by atoms with E-state index in [0.29, 0.717) is 0 Å². The number of aliphatic hydroxyl groups is 1. The third-order valence-corrected chi connectivity index (χ3v) is 3.82. The Balaban J connectivity index is 1.78. The molecule has 1 atom stereocenters. The summed E-state index contributed by atoms with van der Waals surface area (Å²) in [6, 6.07) is 18.2. The quantitative estimate of drug-likeness (QED) is 0.758. The summed E-state index contributed by atoms with van der Waals surface area (Å²) in [6.07, 6.45) is 1.28. The van der Waals surface area contributed by atoms with Crippen LogP contribution in [0.25, 0.3) is 0 Å². The molecule has 0 aliphatic rings. The molecular weight excluding hydrogens is 286 g/mol. The molecule has 23 heavy (non-hydrogen) atoms. The molecule has 2 rings (SSSR count). The monoisotopic (exact) mass is 313 g/mol. The lowest BCUT2D eigenvalue weighted by atomic mass is 10.1. The second-order valence-electron chi connectivity index (χ2n) is 5.95. The highest BCUT2D eigenvalue weighted by molar-refractivity contribution is 5.28. The predicted molar refractivity (Wildman–Crippen MR) is 94.6 cm³/mol. The van der Waals surface area contributed by atoms with Gasteiger partial charge in [0.15, 0.2) is 0 Å². The summed E-state index contributed by atoms with van der Waals surface area (Å²) in [4.78, 5) is 2.23. The van der Waals surface area contributed by atoms with Crippen molar-refractivity contribution in [3.05, 3.63) is 65.7 Å². The molecule has 0 aromatic heterocycles. The van der Waals surface area contributed by atoms with Crippen molar-refractivity contribution in [3.8, 4) is 5.75 Å². The Hall–Kier alpha value is -1.84. The van der Waals surface area contributed by atoms with Gasteiger partial charge in [0.1, 0.15) is 5.75 Å². The van der Waals surface area contributed by atoms with Crippen molar-refractivity contribution in [1.29, 1.82) is 0 Å². The van der Waals surface area contributed by atoms with Crippen LogP contribution in [-0.4, -0.2) is 30.2 Å². The van der Waals surface area contributed by atoms with Crippen molar-refractivity contribution < 1.29 is 9.84 Å². The van der Waals surface area contributed by atoms with Crippen LogP contribution < -0.4 is 4.74 Å². The van der Waals surface area contributed by atoms with E-state index in [1.54, 1.807) is 0 Å². The van der Waals surface area contributed by atoms with Crippen molar-refractivity contribution >= 4 is 0 Å². The molecule has 0 aliphatic heterocycles. The number of ether oxygens (including phenoxy) is 1. The van der Waals surface area contributed by atoms with Crippen LogP contribution >= 0.6 is 0 Å². The standard InChI is InChI=1S/C20H27NO2/c1-3-15-23-19-11-9-18(10-12-19)20(22)13-14-21(2)16-17-7-5-4-6-8-17/h4-12,20,22H,3,13-16H2,1-2H3. The molecule has 0 saturated carbocycles. The first-order chi connectivity index (χ1) is 11.2. The van der Waals surface area contributed by atoms with Crippen molar-refractivity contribution in [2.75, 3.05) is 20.2 Å². The number of rotatable bonds is 9. The molecule has 3 heteroatoms. The Morgan fingerprint density at radius 3 is 2.39 bits per heavy atom. The summed E-state index contributed by atoms with van der Waals surface area (Å²) in [5, 5.41) is 10.3. The zero-order chi connectivity index (χ0) is 16.5. The highest BCUT2D eigenvalue weighted by Crippen LogP contribution is 2.20. The molecule has 2 aromatic rings. The van der Waals surface area contributed by atoms with Gasteiger partial charge >= 0.3 is 0 Å². The van der Waals surface area contributed by atoms with Gasteiger partial charge in [-0.05, 0) is 43.1 Å². The van der Waals surface area contributed by atoms with Crippen LogP contribution in [0.1, 0.15) is 37.0 Å². The van der Waals surface area contributed by atoms with Gasteiger partial charge in [0.2, 0.25) is 0 Å². The highest BCUT2D eigenvalue weighted by Gasteiger charge is 2.09. The van der Waals surface area contributed by atoms with Crippen LogP contribution in [0.3, 0.4) is 0 Å². The molecule has 0 heterocycles. The zero-order valence-electron chi connectivity index (χ0n) is 14.1. The molecule has 124 valence electrons. The first-order valence-electron chi connectivity index (χ1n) is 8.32. The highest BCUT2D eigenvalue weighted by atomic mass is 16.5. The Labute approximate surface area is 139 Å². The van der Waals surface area contributed by atoms with Gasteiger partial charge in [-0.2, -0.15) is 0 Å². The van der Waals surface area contributed by atoms with Crippen molar-refractivity contribution in [2.45, 2.75) is 32.4 Å². The maximum atomic E-state index is 10.3. The molecule has 0 radical (unpaired) electrons. The average Bonchev–Trinajstić information content (AvgIpc) is 2.59. The molecular formula is C20H27NO2. The maximum absolute atomic E-state index is 10.3. The van der Waals surface area contributed by atoms with E-state index < -0.39 is 6.10 Å². The SMILES string of the molecule is CCCOc1ccc(C(O)CCN(C)Cc2ccccc2)cc1. The largest absolute Gasteiger partial charge is 0.494 e. The molecule has 0 aliphatic carbocycles. The van der Waals surface area contributed by atoms with Crippen LogP contribution in [0, 0.1) is 0 Å². The lowest BCUT2D eigenvalue weighted by Crippen LogP contribution is -2.20. The molecule has 0 bridgehead atoms. The molecule has 2 aromatic carbocycles. The summed E-state index contributed by atoms with van der Waals surface area (Å²) >= 11 is 0. The van der Waals surface area contributed by atoms with Gasteiger partial charge in [-0.1, -0.05) is 49.4 Å². The third kappa shape index (κ3) is 6.05. The third-order valence-electron chi connectivity index (χ3n) is 3.82. The Bertz CT molecular complexity index is 554. The minimum absolute atomic E-state index is 0.437. The molecule has 0 fully saturated rings. The molecule has 1 unspecified atom stereocenters. The van der Waals surface area contributed by atoms with E-state index in [2.05, 4.69) is 43.1 Å². The lowest BCUT2D eigenvalue weighted by molar-refractivity contribution is 0.147. The van der Waals surface area contributed by atoms with E-state index in [1.165, 1.54) is 5.56 Å². The minimum atomic E-state index is -0.437. The van der Waals surface area contributed by atoms with Crippen molar-refractivity contribution in [2.24, 2.45) is 0 Å². The summed E-state index contributed by atoms with van der Waals surface area (Å²) in [6.45, 7) is 4.57. The summed E-state index contributed by atoms with van der Waals surface area (Å²) in [5.41, 5.74) is 2.24. The van der Waals surface area contributed by atoms with E-state index in [1.807, 2.05) is 30.3 Å². The van der Waals surface area contributed by atoms with E-state index in [-0.39, 0.29) is 0 Å². The van der Waals surface area contributed by atoms with Gasteiger partial charge in [-0.25, -0.2) is 0 Å². The zero-order valence-corrected chi connectivity index (χ0v) is 14.1. The Morgan fingerprint density at radius 1 is 1.04 bits per heavy atom. The van der Waals surface area contributed by atoms with E-state index in [4.69, 9.17) is 4.74 Å². The number of nitrogens with zero attached hydrogens (tertiary/aromatic N) is 1. The number of aliphatic hydroxyl groups excluding tert-OH is 1. The van der Waals surface area contributed by atoms with Gasteiger partial charge in [0.25, 0.3) is 0 Å². The fraction of sp³-hybridized carbons (Fsp3) is 0.400. The summed E-state index contributed by atoms with van der Waals surface area (Å²) < 4.78 is 5.56. The van der Waals surface area contributed by atoms with Crippen LogP contribution in [0.4, 0.5) is 0 Å². The maximum Gasteiger partial charge on any atom is 0.119 e. The Morgan fingerprint density at radius 2 is 1.74 bits per heavy atom. The van der Waals surface area contributed by atoms with Crippen molar-refractivity contribution in [1.82, 2.24) is 4.90 Å². The molecule has 3 nitrogen and oxygen atoms in total. The number of hydrogen-bond donors (Lipinski definition) is 1. The minimum Gasteiger partial charge on any atom is -0.494 e. The normalized spacial score (nSPS) is 12.3. The van der Waals surface area contributed by atoms with Gasteiger partial charge in [0.05, 0.1) is 12.7 Å². The summed E-state index contributed by atoms with van der Waals surface area (Å²) in [7, 11) is 2.08. The first-order valence-corrected chi connectivity index (χ1v) is 8.32. The van der Waals surface area contributed by atoms with E-state index >= 15 is 0 Å². The van der Waals surface area contributed by atoms with Crippen LogP contribution in [0.2, 0.25) is 0 Å². The van der Waals surface area contributed by atoms with Gasteiger partial charge in [-0.3, -0.25) is 0 Å². The van der Waals surface area contributed by atoms with Crippen LogP contribution in [0.5, 0.6) is 5.75 Å². The Kier molecular flexibility index (Phi) is 7.11. The molecule has 0 saturated heterocycles. The van der Waals surface area contributed by atoms with E-state index in [9.17, 15) is 5.11 Å². The predicted octanol–water partition coefficient (Wildman–Crippen LogP) is 4.03. The van der Waals surface area contributed by atoms with Crippen LogP contribution in [0.15, 0.2) is 54.6 Å². The smallest absolute Gasteiger partial charge is 0.119 e. The second-order valence-corrected chi connectivity index (χ2v) is 5.95. The summed E-state index contributed by atoms with van der Waals surface area (Å²) in [5.74, 6) is 0.865. The first kappa shape index (κ1) is 17.5. The van der Waals surface area contributed by atoms with Crippen molar-refractivity contribution in [3.63, 3.8) is 0 Å². The fourth-order valence-corrected chi connectivity index (χ4v) is 2.49. The molecule has 1 N–H and O–H groups in total. The van der Waals surface area contributed by atoms with Gasteiger partial charge in [0, 0.05) is 13.1 Å². The number of hydrogen-bond acceptors (Lipinski definition) is 3. The number of benzene rings is 2. The fourth-order valence-electron chi connectivity index (χ4n) is 2.49. The van der Waals surface area contributed by atoms with Crippen LogP contribution in [-0.2, 0) is 6.54 Å². The molecule has 0 amide bonds. The molecule has 0 spiro atoms. The van der Waals surface area contributed by atoms with Gasteiger partial charge in [-0.15, -0.1) is 0 Å². The topological polar surface area (TPSA) is 32.7 Å². The van der Waals surface area contributed by atoms with E-state index in [0.717, 1.165) is 43.9 Å². The van der Waals surface area contributed by atoms with Gasteiger partial charge < -0.3 is 14.7 Å². The lowest BCUT2D eigenvalue weighted by Gasteiger charge is -2.19. The second kappa shape index (κ2) is 9.33.